The first-order chi connectivity index (χ1) is 11.9. The third-order valence-electron chi connectivity index (χ3n) is 5.13. The highest BCUT2D eigenvalue weighted by molar-refractivity contribution is 5.64. The molecule has 0 amide bonds. The summed E-state index contributed by atoms with van der Waals surface area (Å²) in [5.74, 6) is 2.69. The van der Waals surface area contributed by atoms with Crippen LogP contribution in [0.3, 0.4) is 0 Å². The molecule has 1 aliphatic heterocycles. The second-order valence-corrected chi connectivity index (χ2v) is 6.95. The largest absolute Gasteiger partial charge is 0.351 e. The maximum absolute atomic E-state index is 5.56. The minimum Gasteiger partial charge on any atom is -0.351 e. The Morgan fingerprint density at radius 3 is 2.62 bits per heavy atom. The Morgan fingerprint density at radius 2 is 1.88 bits per heavy atom. The van der Waals surface area contributed by atoms with Gasteiger partial charge in [-0.25, -0.2) is 4.98 Å². The first-order valence-electron chi connectivity index (χ1n) is 9.24. The van der Waals surface area contributed by atoms with Crippen molar-refractivity contribution in [3.63, 3.8) is 0 Å². The van der Waals surface area contributed by atoms with Crippen molar-refractivity contribution < 1.29 is 0 Å². The van der Waals surface area contributed by atoms with E-state index in [4.69, 9.17) is 5.73 Å². The highest BCUT2D eigenvalue weighted by Crippen LogP contribution is 2.39. The average Bonchev–Trinajstić information content (AvgIpc) is 3.38. The number of anilines is 1. The quantitative estimate of drug-likeness (QED) is 0.771. The third-order valence-corrected chi connectivity index (χ3v) is 5.13. The van der Waals surface area contributed by atoms with Gasteiger partial charge in [-0.3, -0.25) is 9.30 Å². The Balaban J connectivity index is 1.40. The molecule has 1 aliphatic carbocycles. The minimum atomic E-state index is 0.598. The van der Waals surface area contributed by atoms with Crippen LogP contribution in [0.5, 0.6) is 0 Å². The monoisotopic (exact) mass is 329 g/mol. The molecule has 2 fully saturated rings. The molecule has 130 valence electrons. The van der Waals surface area contributed by atoms with E-state index in [1.807, 2.05) is 12.4 Å². The number of nitrogens with zero attached hydrogens (tertiary/aromatic N) is 6. The molecule has 0 bridgehead atoms. The summed E-state index contributed by atoms with van der Waals surface area (Å²) in [7, 11) is 0. The van der Waals surface area contributed by atoms with Crippen molar-refractivity contribution in [3.8, 4) is 0 Å². The summed E-state index contributed by atoms with van der Waals surface area (Å²) < 4.78 is 2.14. The molecule has 0 radical (unpaired) electrons. The Morgan fingerprint density at radius 1 is 1.04 bits per heavy atom. The zero-order valence-corrected chi connectivity index (χ0v) is 14.3. The van der Waals surface area contributed by atoms with Crippen molar-refractivity contribution in [2.45, 2.75) is 38.0 Å². The van der Waals surface area contributed by atoms with E-state index >= 15 is 0 Å². The summed E-state index contributed by atoms with van der Waals surface area (Å²) in [6.45, 7) is 6.20. The SMILES string of the molecule is NCCCCCN1CCN(c2nccn3c(C4CC4)nnc23)CC1. The van der Waals surface area contributed by atoms with E-state index in [1.54, 1.807) is 0 Å². The van der Waals surface area contributed by atoms with Crippen molar-refractivity contribution in [1.82, 2.24) is 24.5 Å². The zero-order chi connectivity index (χ0) is 16.4. The van der Waals surface area contributed by atoms with Crippen molar-refractivity contribution in [3.05, 3.63) is 18.2 Å². The molecule has 1 saturated carbocycles. The summed E-state index contributed by atoms with van der Waals surface area (Å²) in [6.07, 6.45) is 9.99. The highest BCUT2D eigenvalue weighted by Gasteiger charge is 2.30. The molecule has 24 heavy (non-hydrogen) atoms. The first kappa shape index (κ1) is 15.8. The maximum atomic E-state index is 5.56. The summed E-state index contributed by atoms with van der Waals surface area (Å²) in [4.78, 5) is 9.51. The number of rotatable bonds is 7. The van der Waals surface area contributed by atoms with Gasteiger partial charge in [0.2, 0.25) is 5.65 Å². The van der Waals surface area contributed by atoms with Gasteiger partial charge in [0.15, 0.2) is 5.82 Å². The molecule has 7 heteroatoms. The van der Waals surface area contributed by atoms with Crippen molar-refractivity contribution in [2.24, 2.45) is 5.73 Å². The van der Waals surface area contributed by atoms with Gasteiger partial charge in [-0.15, -0.1) is 10.2 Å². The lowest BCUT2D eigenvalue weighted by atomic mass is 10.2. The van der Waals surface area contributed by atoms with Crippen LogP contribution in [0, 0.1) is 0 Å². The fourth-order valence-corrected chi connectivity index (χ4v) is 3.51. The van der Waals surface area contributed by atoms with Crippen LogP contribution < -0.4 is 10.6 Å². The summed E-state index contributed by atoms with van der Waals surface area (Å²) in [6, 6.07) is 0. The van der Waals surface area contributed by atoms with Gasteiger partial charge in [-0.1, -0.05) is 6.42 Å². The predicted molar refractivity (Wildman–Crippen MR) is 94.3 cm³/mol. The zero-order valence-electron chi connectivity index (χ0n) is 14.3. The summed E-state index contributed by atoms with van der Waals surface area (Å²) in [5, 5.41) is 8.84. The second-order valence-electron chi connectivity index (χ2n) is 6.95. The molecule has 2 aromatic rings. The van der Waals surface area contributed by atoms with Crippen LogP contribution in [0.1, 0.15) is 43.8 Å². The number of nitrogens with two attached hydrogens (primary N) is 1. The van der Waals surface area contributed by atoms with Gasteiger partial charge >= 0.3 is 0 Å². The number of hydrogen-bond acceptors (Lipinski definition) is 6. The first-order valence-corrected chi connectivity index (χ1v) is 9.24. The Hall–Kier alpha value is -1.73. The Kier molecular flexibility index (Phi) is 4.62. The lowest BCUT2D eigenvalue weighted by Crippen LogP contribution is -2.47. The van der Waals surface area contributed by atoms with Gasteiger partial charge in [-0.05, 0) is 38.8 Å². The molecule has 0 spiro atoms. The predicted octanol–water partition coefficient (Wildman–Crippen LogP) is 1.25. The molecule has 2 N–H and O–H groups in total. The molecule has 0 unspecified atom stereocenters. The summed E-state index contributed by atoms with van der Waals surface area (Å²) >= 11 is 0. The van der Waals surface area contributed by atoms with E-state index in [0.29, 0.717) is 5.92 Å². The minimum absolute atomic E-state index is 0.598. The lowest BCUT2D eigenvalue weighted by Gasteiger charge is -2.35. The fraction of sp³-hybridized carbons (Fsp3) is 0.706. The Bertz CT molecular complexity index is 671. The van der Waals surface area contributed by atoms with Crippen LogP contribution in [0.15, 0.2) is 12.4 Å². The van der Waals surface area contributed by atoms with Crippen LogP contribution in [-0.4, -0.2) is 63.8 Å². The van der Waals surface area contributed by atoms with Crippen molar-refractivity contribution in [2.75, 3.05) is 44.2 Å². The standard InChI is InChI=1S/C17H27N7/c18-6-2-1-3-8-22-10-12-23(13-11-22)16-17-21-20-15(14-4-5-14)24(17)9-7-19-16/h7,9,14H,1-6,8,10-13,18H2. The molecule has 2 aromatic heterocycles. The van der Waals surface area contributed by atoms with Gasteiger partial charge in [0.05, 0.1) is 0 Å². The van der Waals surface area contributed by atoms with E-state index in [2.05, 4.69) is 29.4 Å². The van der Waals surface area contributed by atoms with E-state index < -0.39 is 0 Å². The van der Waals surface area contributed by atoms with Gasteiger partial charge in [0, 0.05) is 44.5 Å². The van der Waals surface area contributed by atoms with E-state index in [0.717, 1.165) is 56.4 Å². The lowest BCUT2D eigenvalue weighted by molar-refractivity contribution is 0.252. The van der Waals surface area contributed by atoms with Crippen LogP contribution in [-0.2, 0) is 0 Å². The van der Waals surface area contributed by atoms with Crippen LogP contribution >= 0.6 is 0 Å². The van der Waals surface area contributed by atoms with Crippen molar-refractivity contribution in [1.29, 1.82) is 0 Å². The molecule has 7 nitrogen and oxygen atoms in total. The smallest absolute Gasteiger partial charge is 0.203 e. The number of unbranched alkanes of at least 4 members (excludes halogenated alkanes) is 2. The summed E-state index contributed by atoms with van der Waals surface area (Å²) in [5.41, 5.74) is 6.47. The van der Waals surface area contributed by atoms with Gasteiger partial charge in [0.25, 0.3) is 0 Å². The normalized spacial score (nSPS) is 19.3. The molecular formula is C17H27N7. The number of fused-ring (bicyclic) bond motifs is 1. The van der Waals surface area contributed by atoms with Crippen LogP contribution in [0.4, 0.5) is 5.82 Å². The second kappa shape index (κ2) is 7.03. The van der Waals surface area contributed by atoms with Gasteiger partial charge < -0.3 is 10.6 Å². The fourth-order valence-electron chi connectivity index (χ4n) is 3.51. The van der Waals surface area contributed by atoms with Crippen LogP contribution in [0.25, 0.3) is 5.65 Å². The molecule has 3 heterocycles. The van der Waals surface area contributed by atoms with E-state index in [-0.39, 0.29) is 0 Å². The molecular weight excluding hydrogens is 302 g/mol. The number of aromatic nitrogens is 4. The van der Waals surface area contributed by atoms with Crippen LogP contribution in [0.2, 0.25) is 0 Å². The Labute approximate surface area is 142 Å². The van der Waals surface area contributed by atoms with Gasteiger partial charge in [-0.2, -0.15) is 0 Å². The number of piperazine rings is 1. The average molecular weight is 329 g/mol. The van der Waals surface area contributed by atoms with E-state index in [1.165, 1.54) is 32.2 Å². The topological polar surface area (TPSA) is 75.6 Å². The van der Waals surface area contributed by atoms with E-state index in [9.17, 15) is 0 Å². The molecule has 0 atom stereocenters. The molecule has 2 aliphatic rings. The van der Waals surface area contributed by atoms with Gasteiger partial charge in [0.1, 0.15) is 5.82 Å². The molecule has 1 saturated heterocycles. The number of hydrogen-bond donors (Lipinski definition) is 1. The third kappa shape index (κ3) is 3.23. The van der Waals surface area contributed by atoms with Crippen molar-refractivity contribution >= 4 is 11.5 Å². The highest BCUT2D eigenvalue weighted by atomic mass is 15.3. The molecule has 4 rings (SSSR count). The maximum Gasteiger partial charge on any atom is 0.203 e. The molecule has 0 aromatic carbocycles.